The van der Waals surface area contributed by atoms with Crippen molar-refractivity contribution < 1.29 is 19.8 Å². The molecule has 0 aliphatic heterocycles. The van der Waals surface area contributed by atoms with Crippen molar-refractivity contribution in [3.63, 3.8) is 0 Å². The standard InChI is InChI=1S/C11H12BNO4/c12-11(17)13-8(9(14)10(15)16)6-7-4-2-1-3-5-7/h1-5,8-9,14H,6H2,(H,13,17)(H,15,16)/t8-,9-/m0/s1. The Morgan fingerprint density at radius 1 is 1.29 bits per heavy atom. The van der Waals surface area contributed by atoms with Crippen LogP contribution < -0.4 is 5.32 Å². The molecular weight excluding hydrogens is 221 g/mol. The van der Waals surface area contributed by atoms with Crippen LogP contribution >= 0.6 is 0 Å². The van der Waals surface area contributed by atoms with Gasteiger partial charge < -0.3 is 15.5 Å². The number of rotatable bonds is 5. The Kier molecular flexibility index (Phi) is 4.72. The lowest BCUT2D eigenvalue weighted by Crippen LogP contribution is -2.48. The molecule has 0 aliphatic carbocycles. The van der Waals surface area contributed by atoms with Crippen LogP contribution in [0.1, 0.15) is 5.56 Å². The van der Waals surface area contributed by atoms with E-state index in [1.807, 2.05) is 6.07 Å². The van der Waals surface area contributed by atoms with Crippen LogP contribution in [0.15, 0.2) is 30.3 Å². The maximum Gasteiger partial charge on any atom is 0.334 e. The van der Waals surface area contributed by atoms with E-state index in [1.54, 1.807) is 24.3 Å². The summed E-state index contributed by atoms with van der Waals surface area (Å²) in [6.45, 7) is 0. The Morgan fingerprint density at radius 3 is 2.35 bits per heavy atom. The zero-order valence-electron chi connectivity index (χ0n) is 9.04. The Balaban J connectivity index is 2.77. The molecule has 0 spiro atoms. The lowest BCUT2D eigenvalue weighted by Gasteiger charge is -2.21. The summed E-state index contributed by atoms with van der Waals surface area (Å²) < 4.78 is 0. The first-order chi connectivity index (χ1) is 8.00. The van der Waals surface area contributed by atoms with Gasteiger partial charge in [-0.15, -0.1) is 0 Å². The Labute approximate surface area is 99.9 Å². The minimum Gasteiger partial charge on any atom is -0.479 e. The topological polar surface area (TPSA) is 86.6 Å². The molecule has 17 heavy (non-hydrogen) atoms. The summed E-state index contributed by atoms with van der Waals surface area (Å²) in [5, 5.41) is 20.3. The van der Waals surface area contributed by atoms with E-state index in [9.17, 15) is 14.7 Å². The van der Waals surface area contributed by atoms with Gasteiger partial charge in [0.25, 0.3) is 0 Å². The third kappa shape index (κ3) is 4.28. The number of carbonyl (C=O) groups is 2. The summed E-state index contributed by atoms with van der Waals surface area (Å²) in [7, 11) is 4.93. The van der Waals surface area contributed by atoms with E-state index >= 15 is 0 Å². The Morgan fingerprint density at radius 2 is 1.88 bits per heavy atom. The zero-order chi connectivity index (χ0) is 12.8. The van der Waals surface area contributed by atoms with Gasteiger partial charge in [0.1, 0.15) is 0 Å². The minimum atomic E-state index is -1.69. The van der Waals surface area contributed by atoms with Crippen molar-refractivity contribution in [1.29, 1.82) is 0 Å². The molecule has 1 amide bonds. The molecule has 1 rings (SSSR count). The van der Waals surface area contributed by atoms with Gasteiger partial charge in [0.05, 0.1) is 6.04 Å². The van der Waals surface area contributed by atoms with Crippen molar-refractivity contribution in [3.8, 4) is 0 Å². The van der Waals surface area contributed by atoms with Gasteiger partial charge in [0.15, 0.2) is 11.9 Å². The van der Waals surface area contributed by atoms with Crippen molar-refractivity contribution in [1.82, 2.24) is 5.32 Å². The summed E-state index contributed by atoms with van der Waals surface area (Å²) in [5.41, 5.74) is 0.798. The van der Waals surface area contributed by atoms with Gasteiger partial charge in [-0.25, -0.2) is 4.79 Å². The Hall–Kier alpha value is -1.82. The molecule has 0 saturated carbocycles. The molecule has 0 aliphatic rings. The number of hydrogen-bond donors (Lipinski definition) is 3. The molecule has 6 heteroatoms. The van der Waals surface area contributed by atoms with E-state index in [4.69, 9.17) is 13.0 Å². The van der Waals surface area contributed by atoms with Crippen molar-refractivity contribution in [2.45, 2.75) is 18.6 Å². The first-order valence-corrected chi connectivity index (χ1v) is 5.01. The molecule has 0 aromatic heterocycles. The van der Waals surface area contributed by atoms with E-state index in [1.165, 1.54) is 0 Å². The predicted molar refractivity (Wildman–Crippen MR) is 61.9 cm³/mol. The second-order valence-electron chi connectivity index (χ2n) is 3.59. The van der Waals surface area contributed by atoms with Gasteiger partial charge in [-0.2, -0.15) is 0 Å². The fourth-order valence-corrected chi connectivity index (χ4v) is 1.46. The number of nitrogens with one attached hydrogen (secondary N) is 1. The lowest BCUT2D eigenvalue weighted by atomic mass is 9.99. The number of aliphatic hydroxyl groups is 1. The molecule has 5 nitrogen and oxygen atoms in total. The largest absolute Gasteiger partial charge is 0.479 e. The third-order valence-electron chi connectivity index (χ3n) is 2.26. The maximum absolute atomic E-state index is 10.7. The first-order valence-electron chi connectivity index (χ1n) is 5.01. The highest BCUT2D eigenvalue weighted by molar-refractivity contribution is 6.57. The number of carboxylic acids is 1. The summed E-state index contributed by atoms with van der Waals surface area (Å²) in [5.74, 6) is -2.27. The summed E-state index contributed by atoms with van der Waals surface area (Å²) >= 11 is 0. The SMILES string of the molecule is [B]C(=O)N[C@@H](Cc1ccccc1)[C@H](O)C(=O)O. The van der Waals surface area contributed by atoms with E-state index in [2.05, 4.69) is 5.32 Å². The molecule has 0 fully saturated rings. The van der Waals surface area contributed by atoms with Crippen LogP contribution in [-0.4, -0.2) is 42.0 Å². The number of carboxylic acid groups (broad SMARTS) is 1. The van der Waals surface area contributed by atoms with E-state index in [0.29, 0.717) is 0 Å². The van der Waals surface area contributed by atoms with E-state index < -0.39 is 23.9 Å². The van der Waals surface area contributed by atoms with Crippen LogP contribution in [0.25, 0.3) is 0 Å². The Bertz CT molecular complexity index is 396. The molecule has 1 aromatic rings. The number of benzene rings is 1. The van der Waals surface area contributed by atoms with Crippen LogP contribution in [0, 0.1) is 0 Å². The highest BCUT2D eigenvalue weighted by atomic mass is 16.4. The molecule has 0 bridgehead atoms. The van der Waals surface area contributed by atoms with Gasteiger partial charge >= 0.3 is 5.97 Å². The summed E-state index contributed by atoms with van der Waals surface area (Å²) in [6.07, 6.45) is -1.50. The summed E-state index contributed by atoms with van der Waals surface area (Å²) in [6, 6.07) is 7.96. The zero-order valence-corrected chi connectivity index (χ0v) is 9.04. The van der Waals surface area contributed by atoms with Crippen molar-refractivity contribution >= 4 is 19.6 Å². The first kappa shape index (κ1) is 13.3. The van der Waals surface area contributed by atoms with Gasteiger partial charge in [-0.3, -0.25) is 4.79 Å². The van der Waals surface area contributed by atoms with Crippen LogP contribution in [0.4, 0.5) is 4.79 Å². The van der Waals surface area contributed by atoms with Gasteiger partial charge in [0.2, 0.25) is 7.85 Å². The molecule has 0 unspecified atom stereocenters. The average Bonchev–Trinajstić information content (AvgIpc) is 2.28. The van der Waals surface area contributed by atoms with Crippen LogP contribution in [0.2, 0.25) is 0 Å². The van der Waals surface area contributed by atoms with Crippen LogP contribution in [0.5, 0.6) is 0 Å². The van der Waals surface area contributed by atoms with Crippen molar-refractivity contribution in [2.75, 3.05) is 0 Å². The normalized spacial score (nSPS) is 13.7. The molecule has 0 heterocycles. The second kappa shape index (κ2) is 6.05. The maximum atomic E-state index is 10.7. The average molecular weight is 233 g/mol. The van der Waals surface area contributed by atoms with Gasteiger partial charge in [-0.05, 0) is 12.0 Å². The van der Waals surface area contributed by atoms with Crippen molar-refractivity contribution in [2.24, 2.45) is 0 Å². The number of amides is 1. The van der Waals surface area contributed by atoms with E-state index in [0.717, 1.165) is 5.56 Å². The quantitative estimate of drug-likeness (QED) is 0.621. The number of hydrogen-bond acceptors (Lipinski definition) is 3. The summed E-state index contributed by atoms with van der Waals surface area (Å²) in [4.78, 5) is 21.4. The van der Waals surface area contributed by atoms with Gasteiger partial charge in [0, 0.05) is 0 Å². The van der Waals surface area contributed by atoms with Crippen LogP contribution in [-0.2, 0) is 11.2 Å². The number of aliphatic carboxylic acids is 1. The molecule has 2 atom stereocenters. The monoisotopic (exact) mass is 233 g/mol. The predicted octanol–water partition coefficient (Wildman–Crippen LogP) is -0.0787. The minimum absolute atomic E-state index is 0.192. The number of aliphatic hydroxyl groups excluding tert-OH is 1. The van der Waals surface area contributed by atoms with Crippen LogP contribution in [0.3, 0.4) is 0 Å². The molecule has 88 valence electrons. The molecule has 2 radical (unpaired) electrons. The lowest BCUT2D eigenvalue weighted by molar-refractivity contribution is -0.147. The molecular formula is C11H12BNO4. The molecule has 1 aromatic carbocycles. The number of carbonyl (C=O) groups excluding carboxylic acids is 1. The fraction of sp³-hybridized carbons (Fsp3) is 0.273. The second-order valence-corrected chi connectivity index (χ2v) is 3.59. The smallest absolute Gasteiger partial charge is 0.334 e. The van der Waals surface area contributed by atoms with Crippen molar-refractivity contribution in [3.05, 3.63) is 35.9 Å². The molecule has 0 saturated heterocycles. The fourth-order valence-electron chi connectivity index (χ4n) is 1.46. The highest BCUT2D eigenvalue weighted by Gasteiger charge is 2.26. The highest BCUT2D eigenvalue weighted by Crippen LogP contribution is 2.06. The third-order valence-corrected chi connectivity index (χ3v) is 2.26. The van der Waals surface area contributed by atoms with Gasteiger partial charge in [-0.1, -0.05) is 30.3 Å². The van der Waals surface area contributed by atoms with E-state index in [-0.39, 0.29) is 6.42 Å². The molecule has 3 N–H and O–H groups in total.